The molecule has 0 fully saturated rings. The van der Waals surface area contributed by atoms with Crippen molar-refractivity contribution in [3.63, 3.8) is 0 Å². The molecule has 0 bridgehead atoms. The highest BCUT2D eigenvalue weighted by Gasteiger charge is 2.25. The fraction of sp³-hybridized carbons (Fsp3) is 0.412. The smallest absolute Gasteiger partial charge is 0.179 e. The predicted molar refractivity (Wildman–Crippen MR) is 87.2 cm³/mol. The summed E-state index contributed by atoms with van der Waals surface area (Å²) in [4.78, 5) is 12.2. The number of methoxy groups -OCH3 is 1. The van der Waals surface area contributed by atoms with Crippen LogP contribution >= 0.6 is 11.6 Å². The second-order valence-corrected chi connectivity index (χ2v) is 6.12. The van der Waals surface area contributed by atoms with Gasteiger partial charge >= 0.3 is 0 Å². The summed E-state index contributed by atoms with van der Waals surface area (Å²) in [5.41, 5.74) is 0.0696. The summed E-state index contributed by atoms with van der Waals surface area (Å²) in [6.07, 6.45) is 1.52. The molecule has 4 nitrogen and oxygen atoms in total. The fourth-order valence-electron chi connectivity index (χ4n) is 1.85. The molecule has 0 spiro atoms. The lowest BCUT2D eigenvalue weighted by Crippen LogP contribution is -2.21. The first-order valence-corrected chi connectivity index (χ1v) is 7.29. The lowest BCUT2D eigenvalue weighted by atomic mass is 9.86. The Morgan fingerprint density at radius 3 is 2.50 bits per heavy atom. The van der Waals surface area contributed by atoms with E-state index in [1.165, 1.54) is 13.2 Å². The van der Waals surface area contributed by atoms with Gasteiger partial charge < -0.3 is 9.47 Å². The van der Waals surface area contributed by atoms with Gasteiger partial charge in [-0.05, 0) is 30.7 Å². The quantitative estimate of drug-likeness (QED) is 0.600. The predicted octanol–water partition coefficient (Wildman–Crippen LogP) is 4.27. The number of nitrogens with zero attached hydrogens (tertiary/aromatic N) is 1. The van der Waals surface area contributed by atoms with Gasteiger partial charge in [0, 0.05) is 5.41 Å². The maximum atomic E-state index is 12.2. The zero-order valence-electron chi connectivity index (χ0n) is 13.5. The minimum atomic E-state index is -0.624. The molecule has 1 aromatic carbocycles. The number of hydrogen-bond donors (Lipinski definition) is 0. The SMILES string of the molecule is CCOc1cc(/C=C(\C#N)C(=O)C(C)(C)C)cc(Cl)c1OC. The second kappa shape index (κ2) is 7.33. The van der Waals surface area contributed by atoms with Crippen molar-refractivity contribution >= 4 is 23.5 Å². The van der Waals surface area contributed by atoms with Crippen LogP contribution in [0.15, 0.2) is 17.7 Å². The molecular formula is C17H20ClNO3. The average molecular weight is 322 g/mol. The summed E-state index contributed by atoms with van der Waals surface area (Å²) in [5, 5.41) is 9.60. The number of Topliss-reactive ketones (excluding diaryl/α,β-unsaturated/α-hetero) is 1. The van der Waals surface area contributed by atoms with Crippen molar-refractivity contribution < 1.29 is 14.3 Å². The summed E-state index contributed by atoms with van der Waals surface area (Å²) < 4.78 is 10.7. The van der Waals surface area contributed by atoms with E-state index in [0.717, 1.165) is 0 Å². The molecule has 0 unspecified atom stereocenters. The third kappa shape index (κ3) is 4.25. The maximum absolute atomic E-state index is 12.2. The number of ketones is 1. The van der Waals surface area contributed by atoms with Crippen LogP contribution in [-0.2, 0) is 4.79 Å². The fourth-order valence-corrected chi connectivity index (χ4v) is 2.15. The van der Waals surface area contributed by atoms with Crippen molar-refractivity contribution in [2.75, 3.05) is 13.7 Å². The summed E-state index contributed by atoms with van der Waals surface area (Å²) in [6.45, 7) is 7.61. The van der Waals surface area contributed by atoms with E-state index in [0.29, 0.717) is 28.7 Å². The van der Waals surface area contributed by atoms with Gasteiger partial charge in [-0.1, -0.05) is 32.4 Å². The Hall–Kier alpha value is -1.99. The molecule has 5 heteroatoms. The van der Waals surface area contributed by atoms with E-state index in [1.54, 1.807) is 32.9 Å². The normalized spacial score (nSPS) is 11.8. The molecule has 0 amide bonds. The number of carbonyl (C=O) groups is 1. The van der Waals surface area contributed by atoms with E-state index >= 15 is 0 Å². The Labute approximate surface area is 136 Å². The molecule has 0 heterocycles. The first-order valence-electron chi connectivity index (χ1n) is 6.91. The Bertz CT molecular complexity index is 637. The number of hydrogen-bond acceptors (Lipinski definition) is 4. The molecule has 0 atom stereocenters. The zero-order valence-corrected chi connectivity index (χ0v) is 14.2. The van der Waals surface area contributed by atoms with Gasteiger partial charge in [0.1, 0.15) is 6.07 Å². The van der Waals surface area contributed by atoms with Crippen molar-refractivity contribution in [3.05, 3.63) is 28.3 Å². The molecule has 0 aliphatic heterocycles. The van der Waals surface area contributed by atoms with Crippen LogP contribution in [0.3, 0.4) is 0 Å². The van der Waals surface area contributed by atoms with Crippen LogP contribution in [0.1, 0.15) is 33.3 Å². The first kappa shape index (κ1) is 18.1. The molecule has 0 aliphatic rings. The maximum Gasteiger partial charge on any atom is 0.179 e. The minimum absolute atomic E-state index is 0.0798. The van der Waals surface area contributed by atoms with Crippen molar-refractivity contribution in [1.29, 1.82) is 5.26 Å². The van der Waals surface area contributed by atoms with Crippen molar-refractivity contribution in [2.24, 2.45) is 5.41 Å². The van der Waals surface area contributed by atoms with E-state index in [9.17, 15) is 10.1 Å². The molecule has 0 aromatic heterocycles. The summed E-state index contributed by atoms with van der Waals surface area (Å²) in [5.74, 6) is 0.686. The number of benzene rings is 1. The van der Waals surface area contributed by atoms with Gasteiger partial charge in [0.25, 0.3) is 0 Å². The van der Waals surface area contributed by atoms with Crippen LogP contribution in [0, 0.1) is 16.7 Å². The highest BCUT2D eigenvalue weighted by molar-refractivity contribution is 6.32. The summed E-state index contributed by atoms with van der Waals surface area (Å²) >= 11 is 6.16. The first-order chi connectivity index (χ1) is 10.2. The number of allylic oxidation sites excluding steroid dienone is 1. The van der Waals surface area contributed by atoms with E-state index in [-0.39, 0.29) is 11.4 Å². The average Bonchev–Trinajstić information content (AvgIpc) is 2.43. The number of carbonyl (C=O) groups excluding carboxylic acids is 1. The van der Waals surface area contributed by atoms with Gasteiger partial charge in [-0.25, -0.2) is 0 Å². The summed E-state index contributed by atoms with van der Waals surface area (Å²) in [7, 11) is 1.50. The lowest BCUT2D eigenvalue weighted by Gasteiger charge is -2.16. The van der Waals surface area contributed by atoms with Crippen molar-refractivity contribution in [1.82, 2.24) is 0 Å². The molecule has 1 rings (SSSR count). The molecule has 0 N–H and O–H groups in total. The molecule has 0 saturated heterocycles. The third-order valence-electron chi connectivity index (χ3n) is 2.89. The van der Waals surface area contributed by atoms with Crippen LogP contribution < -0.4 is 9.47 Å². The topological polar surface area (TPSA) is 59.3 Å². The van der Waals surface area contributed by atoms with Gasteiger partial charge in [0.15, 0.2) is 17.3 Å². The Kier molecular flexibility index (Phi) is 6.01. The molecule has 118 valence electrons. The molecule has 0 radical (unpaired) electrons. The van der Waals surface area contributed by atoms with Crippen LogP contribution in [-0.4, -0.2) is 19.5 Å². The van der Waals surface area contributed by atoms with Crippen LogP contribution in [0.4, 0.5) is 0 Å². The van der Waals surface area contributed by atoms with E-state index in [2.05, 4.69) is 0 Å². The number of rotatable bonds is 5. The monoisotopic (exact) mass is 321 g/mol. The highest BCUT2D eigenvalue weighted by Crippen LogP contribution is 2.37. The Balaban J connectivity index is 3.35. The molecular weight excluding hydrogens is 302 g/mol. The minimum Gasteiger partial charge on any atom is -0.491 e. The number of ether oxygens (including phenoxy) is 2. The number of nitriles is 1. The van der Waals surface area contributed by atoms with E-state index in [4.69, 9.17) is 21.1 Å². The van der Waals surface area contributed by atoms with E-state index < -0.39 is 5.41 Å². The molecule has 0 aliphatic carbocycles. The highest BCUT2D eigenvalue weighted by atomic mass is 35.5. The molecule has 1 aromatic rings. The van der Waals surface area contributed by atoms with Crippen molar-refractivity contribution in [2.45, 2.75) is 27.7 Å². The van der Waals surface area contributed by atoms with Gasteiger partial charge in [-0.3, -0.25) is 4.79 Å². The standard InChI is InChI=1S/C17H20ClNO3/c1-6-22-14-9-11(8-13(18)15(14)21-5)7-12(10-19)16(20)17(2,3)4/h7-9H,6H2,1-5H3/b12-7+. The second-order valence-electron chi connectivity index (χ2n) is 5.72. The van der Waals surface area contributed by atoms with Gasteiger partial charge in [-0.15, -0.1) is 0 Å². The summed E-state index contributed by atoms with van der Waals surface area (Å²) in [6, 6.07) is 5.28. The van der Waals surface area contributed by atoms with Gasteiger partial charge in [0.05, 0.1) is 24.3 Å². The zero-order chi connectivity index (χ0) is 16.9. The van der Waals surface area contributed by atoms with Crippen LogP contribution in [0.5, 0.6) is 11.5 Å². The lowest BCUT2D eigenvalue weighted by molar-refractivity contribution is -0.121. The Morgan fingerprint density at radius 1 is 1.41 bits per heavy atom. The molecule has 22 heavy (non-hydrogen) atoms. The Morgan fingerprint density at radius 2 is 2.05 bits per heavy atom. The van der Waals surface area contributed by atoms with E-state index in [1.807, 2.05) is 13.0 Å². The van der Waals surface area contributed by atoms with Crippen LogP contribution in [0.2, 0.25) is 5.02 Å². The number of halogens is 1. The van der Waals surface area contributed by atoms with Crippen LogP contribution in [0.25, 0.3) is 6.08 Å². The third-order valence-corrected chi connectivity index (χ3v) is 3.17. The van der Waals surface area contributed by atoms with Gasteiger partial charge in [-0.2, -0.15) is 5.26 Å². The largest absolute Gasteiger partial charge is 0.491 e. The molecule has 0 saturated carbocycles. The van der Waals surface area contributed by atoms with Crippen molar-refractivity contribution in [3.8, 4) is 17.6 Å². The van der Waals surface area contributed by atoms with Gasteiger partial charge in [0.2, 0.25) is 0 Å².